The highest BCUT2D eigenvalue weighted by Gasteiger charge is 2.15. The van der Waals surface area contributed by atoms with E-state index in [1.54, 1.807) is 6.26 Å². The fourth-order valence-electron chi connectivity index (χ4n) is 1.87. The number of imidazole rings is 1. The summed E-state index contributed by atoms with van der Waals surface area (Å²) in [6.45, 7) is 2.57. The number of alkyl halides is 1. The molecule has 2 aromatic rings. The maximum absolute atomic E-state index is 11.3. The lowest BCUT2D eigenvalue weighted by molar-refractivity contribution is 0.672. The summed E-state index contributed by atoms with van der Waals surface area (Å²) in [5, 5.41) is -0.165. The highest BCUT2D eigenvalue weighted by molar-refractivity contribution is 9.10. The summed E-state index contributed by atoms with van der Waals surface area (Å²) in [5.74, 6) is 1.43. The minimum Gasteiger partial charge on any atom is -0.326 e. The highest BCUT2D eigenvalue weighted by Crippen LogP contribution is 2.26. The molecule has 0 saturated carbocycles. The van der Waals surface area contributed by atoms with Crippen LogP contribution in [-0.4, -0.2) is 25.8 Å². The van der Waals surface area contributed by atoms with E-state index in [4.69, 9.17) is 11.6 Å². The van der Waals surface area contributed by atoms with Gasteiger partial charge in [0, 0.05) is 33.8 Å². The Kier molecular flexibility index (Phi) is 4.45. The maximum Gasteiger partial charge on any atom is 0.127 e. The van der Waals surface area contributed by atoms with Crippen LogP contribution >= 0.6 is 27.5 Å². The second-order valence-corrected chi connectivity index (χ2v) is 7.27. The molecule has 0 saturated heterocycles. The molecule has 0 amide bonds. The van der Waals surface area contributed by atoms with Gasteiger partial charge in [-0.3, -0.25) is 4.21 Å². The Morgan fingerprint density at radius 1 is 1.56 bits per heavy atom. The molecule has 0 aliphatic carbocycles. The monoisotopic (exact) mass is 348 g/mol. The van der Waals surface area contributed by atoms with Crippen LogP contribution in [0.5, 0.6) is 0 Å². The quantitative estimate of drug-likeness (QED) is 0.792. The van der Waals surface area contributed by atoms with Crippen LogP contribution in [0, 0.1) is 0 Å². The van der Waals surface area contributed by atoms with E-state index in [0.29, 0.717) is 12.3 Å². The summed E-state index contributed by atoms with van der Waals surface area (Å²) in [5.41, 5.74) is 1.94. The predicted molar refractivity (Wildman–Crippen MR) is 80.6 cm³/mol. The molecule has 0 N–H and O–H groups in total. The fraction of sp³-hybridized carbons (Fsp3) is 0.417. The molecule has 1 aromatic heterocycles. The SMILES string of the molecule is CC(Cl)c1nc2ccc(Br)cc2n1CCS(C)=O. The predicted octanol–water partition coefficient (Wildman–Crippen LogP) is 3.48. The Hall–Kier alpha value is -0.390. The lowest BCUT2D eigenvalue weighted by atomic mass is 10.3. The van der Waals surface area contributed by atoms with Gasteiger partial charge in [-0.05, 0) is 25.1 Å². The van der Waals surface area contributed by atoms with E-state index in [2.05, 4.69) is 25.5 Å². The number of rotatable bonds is 4. The van der Waals surface area contributed by atoms with Crippen molar-refractivity contribution in [3.8, 4) is 0 Å². The molecular formula is C12H14BrClN2OS. The van der Waals surface area contributed by atoms with Gasteiger partial charge in [-0.1, -0.05) is 15.9 Å². The van der Waals surface area contributed by atoms with Crippen molar-refractivity contribution in [1.82, 2.24) is 9.55 Å². The first-order valence-corrected chi connectivity index (χ1v) is 8.54. The normalized spacial score (nSPS) is 14.9. The van der Waals surface area contributed by atoms with Crippen molar-refractivity contribution >= 4 is 49.4 Å². The first kappa shape index (κ1) is 14.0. The van der Waals surface area contributed by atoms with Gasteiger partial charge >= 0.3 is 0 Å². The zero-order chi connectivity index (χ0) is 13.3. The Morgan fingerprint density at radius 2 is 2.28 bits per heavy atom. The lowest BCUT2D eigenvalue weighted by Gasteiger charge is -2.09. The van der Waals surface area contributed by atoms with E-state index in [9.17, 15) is 4.21 Å². The van der Waals surface area contributed by atoms with Gasteiger partial charge in [0.1, 0.15) is 5.82 Å². The van der Waals surface area contributed by atoms with Gasteiger partial charge < -0.3 is 4.57 Å². The van der Waals surface area contributed by atoms with Gasteiger partial charge in [0.25, 0.3) is 0 Å². The van der Waals surface area contributed by atoms with Crippen molar-refractivity contribution in [2.24, 2.45) is 0 Å². The topological polar surface area (TPSA) is 34.9 Å². The molecule has 6 heteroatoms. The zero-order valence-electron chi connectivity index (χ0n) is 10.2. The molecule has 0 fully saturated rings. The third-order valence-electron chi connectivity index (χ3n) is 2.70. The van der Waals surface area contributed by atoms with E-state index < -0.39 is 10.8 Å². The van der Waals surface area contributed by atoms with Crippen LogP contribution in [0.15, 0.2) is 22.7 Å². The number of nitrogens with zero attached hydrogens (tertiary/aromatic N) is 2. The molecule has 2 unspecified atom stereocenters. The number of halogens is 2. The molecule has 3 nitrogen and oxygen atoms in total. The van der Waals surface area contributed by atoms with Crippen molar-refractivity contribution < 1.29 is 4.21 Å². The number of fused-ring (bicyclic) bond motifs is 1. The molecule has 0 spiro atoms. The Bertz CT molecular complexity index is 597. The van der Waals surface area contributed by atoms with Crippen LogP contribution in [-0.2, 0) is 17.3 Å². The first-order valence-electron chi connectivity index (χ1n) is 5.59. The van der Waals surface area contributed by atoms with Crippen molar-refractivity contribution in [2.45, 2.75) is 18.8 Å². The smallest absolute Gasteiger partial charge is 0.127 e. The molecule has 98 valence electrons. The molecule has 0 bridgehead atoms. The molecular weight excluding hydrogens is 336 g/mol. The van der Waals surface area contributed by atoms with Crippen molar-refractivity contribution in [3.05, 3.63) is 28.5 Å². The number of hydrogen-bond donors (Lipinski definition) is 0. The van der Waals surface area contributed by atoms with Gasteiger partial charge in [0.05, 0.1) is 16.4 Å². The van der Waals surface area contributed by atoms with E-state index in [0.717, 1.165) is 21.3 Å². The van der Waals surface area contributed by atoms with Crippen molar-refractivity contribution in [3.63, 3.8) is 0 Å². The second-order valence-electron chi connectivity index (χ2n) is 4.15. The zero-order valence-corrected chi connectivity index (χ0v) is 13.3. The lowest BCUT2D eigenvalue weighted by Crippen LogP contribution is -2.10. The van der Waals surface area contributed by atoms with Crippen LogP contribution in [0.3, 0.4) is 0 Å². The number of hydrogen-bond acceptors (Lipinski definition) is 2. The molecule has 0 radical (unpaired) electrons. The van der Waals surface area contributed by atoms with Crippen molar-refractivity contribution in [2.75, 3.05) is 12.0 Å². The third-order valence-corrected chi connectivity index (χ3v) is 4.14. The average molecular weight is 350 g/mol. The van der Waals surface area contributed by atoms with E-state index in [-0.39, 0.29) is 5.38 Å². The maximum atomic E-state index is 11.3. The molecule has 1 aromatic carbocycles. The van der Waals surface area contributed by atoms with Gasteiger partial charge in [0.2, 0.25) is 0 Å². The van der Waals surface area contributed by atoms with Crippen molar-refractivity contribution in [1.29, 1.82) is 0 Å². The van der Waals surface area contributed by atoms with Crippen LogP contribution < -0.4 is 0 Å². The van der Waals surface area contributed by atoms with Crippen LogP contribution in [0.2, 0.25) is 0 Å². The largest absolute Gasteiger partial charge is 0.326 e. The average Bonchev–Trinajstić information content (AvgIpc) is 2.64. The van der Waals surface area contributed by atoms with E-state index in [1.807, 2.05) is 25.1 Å². The molecule has 18 heavy (non-hydrogen) atoms. The molecule has 2 rings (SSSR count). The minimum atomic E-state index is -0.823. The van der Waals surface area contributed by atoms with Crippen LogP contribution in [0.25, 0.3) is 11.0 Å². The molecule has 0 aliphatic rings. The summed E-state index contributed by atoms with van der Waals surface area (Å²) in [6, 6.07) is 5.94. The summed E-state index contributed by atoms with van der Waals surface area (Å²) in [6.07, 6.45) is 1.71. The Balaban J connectivity index is 2.53. The van der Waals surface area contributed by atoms with Crippen LogP contribution in [0.1, 0.15) is 18.1 Å². The Labute approximate surface area is 122 Å². The fourth-order valence-corrected chi connectivity index (χ4v) is 2.83. The molecule has 2 atom stereocenters. The summed E-state index contributed by atoms with van der Waals surface area (Å²) in [7, 11) is -0.823. The van der Waals surface area contributed by atoms with Gasteiger partial charge in [-0.15, -0.1) is 11.6 Å². The molecule has 1 heterocycles. The summed E-state index contributed by atoms with van der Waals surface area (Å²) in [4.78, 5) is 4.54. The van der Waals surface area contributed by atoms with Crippen LogP contribution in [0.4, 0.5) is 0 Å². The number of aromatic nitrogens is 2. The number of benzene rings is 1. The van der Waals surface area contributed by atoms with Gasteiger partial charge in [0.15, 0.2) is 0 Å². The summed E-state index contributed by atoms with van der Waals surface area (Å²) >= 11 is 9.62. The second kappa shape index (κ2) is 5.72. The standard InChI is InChI=1S/C12H14BrClN2OS/c1-8(14)12-15-10-4-3-9(13)7-11(10)16(12)5-6-18(2)17/h3-4,7-8H,5-6H2,1-2H3. The highest BCUT2D eigenvalue weighted by atomic mass is 79.9. The summed E-state index contributed by atoms with van der Waals surface area (Å²) < 4.78 is 14.3. The van der Waals surface area contributed by atoms with Gasteiger partial charge in [-0.2, -0.15) is 0 Å². The third kappa shape index (κ3) is 2.95. The number of aryl methyl sites for hydroxylation is 1. The van der Waals surface area contributed by atoms with E-state index in [1.165, 1.54) is 0 Å². The molecule has 0 aliphatic heterocycles. The Morgan fingerprint density at radius 3 is 2.89 bits per heavy atom. The minimum absolute atomic E-state index is 0.165. The van der Waals surface area contributed by atoms with Gasteiger partial charge in [-0.25, -0.2) is 4.98 Å². The first-order chi connectivity index (χ1) is 8.49. The van der Waals surface area contributed by atoms with E-state index >= 15 is 0 Å².